The number of nitrogens with one attached hydrogen (secondary N) is 1. The summed E-state index contributed by atoms with van der Waals surface area (Å²) in [7, 11) is 0. The fraction of sp³-hybridized carbons (Fsp3) is 0.263. The lowest BCUT2D eigenvalue weighted by molar-refractivity contribution is 0.414. The molecule has 1 aliphatic heterocycles. The van der Waals surface area contributed by atoms with Gasteiger partial charge in [0.25, 0.3) is 0 Å². The molecule has 2 aliphatic rings. The Balaban J connectivity index is 1.84. The van der Waals surface area contributed by atoms with Crippen LogP contribution in [-0.2, 0) is 0 Å². The molecule has 4 rings (SSSR count). The van der Waals surface area contributed by atoms with E-state index in [0.717, 1.165) is 16.6 Å². The van der Waals surface area contributed by atoms with Crippen molar-refractivity contribution in [1.29, 1.82) is 0 Å². The summed E-state index contributed by atoms with van der Waals surface area (Å²) in [5.41, 5.74) is 4.68. The van der Waals surface area contributed by atoms with Gasteiger partial charge in [0.15, 0.2) is 0 Å². The summed E-state index contributed by atoms with van der Waals surface area (Å²) in [4.78, 5) is 0. The van der Waals surface area contributed by atoms with Crippen LogP contribution in [0.4, 0.5) is 5.69 Å². The summed E-state index contributed by atoms with van der Waals surface area (Å²) in [5.74, 6) is 1.24. The van der Waals surface area contributed by atoms with Crippen molar-refractivity contribution >= 4 is 21.6 Å². The number of benzene rings is 2. The molecule has 0 saturated carbocycles. The number of aryl methyl sites for hydroxylation is 1. The van der Waals surface area contributed by atoms with Gasteiger partial charge in [-0.1, -0.05) is 46.3 Å². The number of rotatable bonds is 1. The van der Waals surface area contributed by atoms with E-state index in [9.17, 15) is 5.11 Å². The number of phenols is 1. The van der Waals surface area contributed by atoms with Crippen LogP contribution < -0.4 is 5.32 Å². The van der Waals surface area contributed by atoms with Gasteiger partial charge < -0.3 is 10.4 Å². The fourth-order valence-electron chi connectivity index (χ4n) is 3.88. The highest BCUT2D eigenvalue weighted by atomic mass is 79.9. The largest absolute Gasteiger partial charge is 0.506 e. The van der Waals surface area contributed by atoms with Gasteiger partial charge in [0, 0.05) is 10.4 Å². The maximum absolute atomic E-state index is 10.3. The minimum Gasteiger partial charge on any atom is -0.506 e. The summed E-state index contributed by atoms with van der Waals surface area (Å²) in [6.07, 6.45) is 5.66. The van der Waals surface area contributed by atoms with E-state index >= 15 is 0 Å². The van der Waals surface area contributed by atoms with Gasteiger partial charge >= 0.3 is 0 Å². The normalized spacial score (nSPS) is 25.5. The molecule has 2 aromatic carbocycles. The third-order valence-electron chi connectivity index (χ3n) is 4.94. The average molecular weight is 356 g/mol. The molecule has 0 aromatic heterocycles. The average Bonchev–Trinajstić information content (AvgIpc) is 3.00. The van der Waals surface area contributed by atoms with Crippen LogP contribution in [-0.4, -0.2) is 5.11 Å². The fourth-order valence-corrected chi connectivity index (χ4v) is 4.15. The Morgan fingerprint density at radius 3 is 2.68 bits per heavy atom. The molecule has 2 N–H and O–H groups in total. The first-order valence-electron chi connectivity index (χ1n) is 7.66. The number of allylic oxidation sites excluding steroid dienone is 2. The van der Waals surface area contributed by atoms with Gasteiger partial charge in [-0.25, -0.2) is 0 Å². The van der Waals surface area contributed by atoms with Crippen LogP contribution >= 0.6 is 15.9 Å². The molecule has 0 bridgehead atoms. The van der Waals surface area contributed by atoms with Crippen molar-refractivity contribution in [2.75, 3.05) is 5.32 Å². The van der Waals surface area contributed by atoms with Crippen molar-refractivity contribution in [2.45, 2.75) is 25.3 Å². The molecule has 3 heteroatoms. The molecule has 0 amide bonds. The quantitative estimate of drug-likeness (QED) is 0.538. The molecular weight excluding hydrogens is 338 g/mol. The molecule has 1 aliphatic carbocycles. The van der Waals surface area contributed by atoms with Crippen LogP contribution in [0.5, 0.6) is 5.75 Å². The standard InChI is InChI=1S/C19H18BrNO/c1-11-5-10-16(22)19-17(11)14-3-2-4-15(14)18(21-19)12-6-8-13(20)9-7-12/h2-3,5-10,14-15,18,21-22H,4H2,1H3. The lowest BCUT2D eigenvalue weighted by Crippen LogP contribution is -2.29. The van der Waals surface area contributed by atoms with Crippen molar-refractivity contribution in [3.05, 3.63) is 69.7 Å². The highest BCUT2D eigenvalue weighted by Gasteiger charge is 2.39. The second-order valence-electron chi connectivity index (χ2n) is 6.22. The summed E-state index contributed by atoms with van der Waals surface area (Å²) in [6, 6.07) is 12.5. The first-order chi connectivity index (χ1) is 10.6. The Morgan fingerprint density at radius 2 is 1.91 bits per heavy atom. The second-order valence-corrected chi connectivity index (χ2v) is 7.13. The van der Waals surface area contributed by atoms with E-state index in [1.54, 1.807) is 6.07 Å². The predicted octanol–water partition coefficient (Wildman–Crippen LogP) is 5.29. The molecule has 0 fully saturated rings. The smallest absolute Gasteiger partial charge is 0.139 e. The van der Waals surface area contributed by atoms with Crippen LogP contribution in [0.3, 0.4) is 0 Å². The van der Waals surface area contributed by atoms with E-state index in [1.165, 1.54) is 16.7 Å². The number of phenolic OH excluding ortho intramolecular Hbond substituents is 1. The van der Waals surface area contributed by atoms with E-state index in [-0.39, 0.29) is 6.04 Å². The van der Waals surface area contributed by atoms with Gasteiger partial charge in [0.2, 0.25) is 0 Å². The molecule has 2 nitrogen and oxygen atoms in total. The third-order valence-corrected chi connectivity index (χ3v) is 5.47. The molecular formula is C19H18BrNO. The molecule has 22 heavy (non-hydrogen) atoms. The van der Waals surface area contributed by atoms with Gasteiger partial charge in [-0.3, -0.25) is 0 Å². The molecule has 0 radical (unpaired) electrons. The van der Waals surface area contributed by atoms with Crippen LogP contribution in [0.2, 0.25) is 0 Å². The zero-order valence-electron chi connectivity index (χ0n) is 12.4. The maximum Gasteiger partial charge on any atom is 0.139 e. The zero-order valence-corrected chi connectivity index (χ0v) is 14.0. The van der Waals surface area contributed by atoms with Gasteiger partial charge in [0.05, 0.1) is 11.7 Å². The molecule has 0 spiro atoms. The molecule has 112 valence electrons. The number of halogens is 1. The number of hydrogen-bond acceptors (Lipinski definition) is 2. The third kappa shape index (κ3) is 2.07. The Labute approximate surface area is 139 Å². The minimum atomic E-state index is 0.230. The van der Waals surface area contributed by atoms with Crippen LogP contribution in [0.25, 0.3) is 0 Å². The highest BCUT2D eigenvalue weighted by Crippen LogP contribution is 2.52. The SMILES string of the molecule is Cc1ccc(O)c2c1C1C=CCC1C(c1ccc(Br)cc1)N2. The Morgan fingerprint density at radius 1 is 1.14 bits per heavy atom. The first kappa shape index (κ1) is 13.9. The van der Waals surface area contributed by atoms with E-state index in [4.69, 9.17) is 0 Å². The second kappa shape index (κ2) is 5.17. The molecule has 0 saturated heterocycles. The lowest BCUT2D eigenvalue weighted by Gasteiger charge is -2.38. The number of fused-ring (bicyclic) bond motifs is 3. The van der Waals surface area contributed by atoms with Crippen molar-refractivity contribution in [2.24, 2.45) is 5.92 Å². The molecule has 1 heterocycles. The van der Waals surface area contributed by atoms with Gasteiger partial charge in [-0.2, -0.15) is 0 Å². The lowest BCUT2D eigenvalue weighted by atomic mass is 9.75. The summed E-state index contributed by atoms with van der Waals surface area (Å²) in [6.45, 7) is 2.13. The van der Waals surface area contributed by atoms with Crippen LogP contribution in [0.15, 0.2) is 53.0 Å². The Hall–Kier alpha value is -1.74. The maximum atomic E-state index is 10.3. The summed E-state index contributed by atoms with van der Waals surface area (Å²) in [5, 5.41) is 13.9. The molecule has 3 atom stereocenters. The van der Waals surface area contributed by atoms with E-state index in [0.29, 0.717) is 17.6 Å². The van der Waals surface area contributed by atoms with Gasteiger partial charge in [0.1, 0.15) is 5.75 Å². The number of hydrogen-bond donors (Lipinski definition) is 2. The highest BCUT2D eigenvalue weighted by molar-refractivity contribution is 9.10. The van der Waals surface area contributed by atoms with Gasteiger partial charge in [-0.15, -0.1) is 0 Å². The van der Waals surface area contributed by atoms with E-state index in [2.05, 4.69) is 64.6 Å². The van der Waals surface area contributed by atoms with Crippen LogP contribution in [0, 0.1) is 12.8 Å². The van der Waals surface area contributed by atoms with Crippen molar-refractivity contribution in [3.63, 3.8) is 0 Å². The summed E-state index contributed by atoms with van der Waals surface area (Å²) < 4.78 is 1.09. The first-order valence-corrected chi connectivity index (χ1v) is 8.45. The minimum absolute atomic E-state index is 0.230. The number of aromatic hydroxyl groups is 1. The summed E-state index contributed by atoms with van der Waals surface area (Å²) >= 11 is 3.50. The van der Waals surface area contributed by atoms with E-state index < -0.39 is 0 Å². The van der Waals surface area contributed by atoms with Crippen molar-refractivity contribution in [1.82, 2.24) is 0 Å². The monoisotopic (exact) mass is 355 g/mol. The Bertz CT molecular complexity index is 751. The molecule has 3 unspecified atom stereocenters. The van der Waals surface area contributed by atoms with Gasteiger partial charge in [-0.05, 0) is 54.2 Å². The Kier molecular flexibility index (Phi) is 3.26. The number of anilines is 1. The van der Waals surface area contributed by atoms with Crippen LogP contribution in [0.1, 0.15) is 35.1 Å². The predicted molar refractivity (Wildman–Crippen MR) is 93.3 cm³/mol. The van der Waals surface area contributed by atoms with Crippen molar-refractivity contribution in [3.8, 4) is 5.75 Å². The topological polar surface area (TPSA) is 32.3 Å². The van der Waals surface area contributed by atoms with E-state index in [1.807, 2.05) is 6.07 Å². The van der Waals surface area contributed by atoms with Crippen molar-refractivity contribution < 1.29 is 5.11 Å². The zero-order chi connectivity index (χ0) is 15.3. The molecule has 2 aromatic rings.